The maximum Gasteiger partial charge on any atom is 0.293 e. The molecule has 1 aliphatic heterocycles. The van der Waals surface area contributed by atoms with E-state index in [9.17, 15) is 9.59 Å². The highest BCUT2D eigenvalue weighted by Gasteiger charge is 2.34. The lowest BCUT2D eigenvalue weighted by molar-refractivity contribution is -0.122. The van der Waals surface area contributed by atoms with Crippen LogP contribution in [0.3, 0.4) is 0 Å². The number of hydrogen-bond acceptors (Lipinski definition) is 5. The molecule has 1 aromatic rings. The van der Waals surface area contributed by atoms with E-state index >= 15 is 0 Å². The standard InChI is InChI=1S/C15H14BrNO4S/c1-4-5-17-14(18)13(22-15(17)19)7-9-6-10(16)12(21-3)8-11(9)20-2/h4,6-8H,1,5H2,2-3H3. The first kappa shape index (κ1) is 16.6. The molecule has 116 valence electrons. The second-order valence-corrected chi connectivity index (χ2v) is 6.16. The molecule has 1 saturated heterocycles. The van der Waals surface area contributed by atoms with Crippen LogP contribution in [-0.2, 0) is 4.79 Å². The van der Waals surface area contributed by atoms with Crippen LogP contribution >= 0.6 is 27.7 Å². The second-order valence-electron chi connectivity index (χ2n) is 4.31. The molecule has 0 saturated carbocycles. The number of carbonyl (C=O) groups excluding carboxylic acids is 2. The van der Waals surface area contributed by atoms with Crippen molar-refractivity contribution in [3.63, 3.8) is 0 Å². The van der Waals surface area contributed by atoms with Crippen LogP contribution < -0.4 is 9.47 Å². The number of nitrogens with zero attached hydrogens (tertiary/aromatic N) is 1. The average molecular weight is 384 g/mol. The summed E-state index contributed by atoms with van der Waals surface area (Å²) in [6, 6.07) is 3.49. The van der Waals surface area contributed by atoms with E-state index in [4.69, 9.17) is 9.47 Å². The van der Waals surface area contributed by atoms with E-state index in [1.54, 1.807) is 25.3 Å². The molecular weight excluding hydrogens is 370 g/mol. The number of amides is 2. The van der Waals surface area contributed by atoms with Gasteiger partial charge in [-0.25, -0.2) is 0 Å². The van der Waals surface area contributed by atoms with Gasteiger partial charge in [0, 0.05) is 18.2 Å². The summed E-state index contributed by atoms with van der Waals surface area (Å²) in [6.45, 7) is 3.75. The fourth-order valence-corrected chi connectivity index (χ4v) is 3.29. The van der Waals surface area contributed by atoms with Gasteiger partial charge in [-0.05, 0) is 39.8 Å². The van der Waals surface area contributed by atoms with E-state index in [-0.39, 0.29) is 17.7 Å². The number of carbonyl (C=O) groups is 2. The van der Waals surface area contributed by atoms with Gasteiger partial charge in [0.15, 0.2) is 0 Å². The highest BCUT2D eigenvalue weighted by Crippen LogP contribution is 2.37. The van der Waals surface area contributed by atoms with Crippen LogP contribution in [0.5, 0.6) is 11.5 Å². The molecule has 0 spiro atoms. The Kier molecular flexibility index (Phi) is 5.31. The van der Waals surface area contributed by atoms with Crippen molar-refractivity contribution in [2.24, 2.45) is 0 Å². The minimum absolute atomic E-state index is 0.200. The number of thioether (sulfide) groups is 1. The molecule has 7 heteroatoms. The number of imide groups is 1. The summed E-state index contributed by atoms with van der Waals surface area (Å²) >= 11 is 4.29. The zero-order chi connectivity index (χ0) is 16.3. The molecule has 1 heterocycles. The van der Waals surface area contributed by atoms with E-state index in [1.165, 1.54) is 13.2 Å². The Morgan fingerprint density at radius 1 is 1.27 bits per heavy atom. The molecule has 0 bridgehead atoms. The summed E-state index contributed by atoms with van der Waals surface area (Å²) in [5.41, 5.74) is 0.680. The third kappa shape index (κ3) is 3.20. The van der Waals surface area contributed by atoms with Gasteiger partial charge in [-0.1, -0.05) is 6.08 Å². The fraction of sp³-hybridized carbons (Fsp3) is 0.200. The third-order valence-corrected chi connectivity index (χ3v) is 4.50. The molecule has 0 aromatic heterocycles. The summed E-state index contributed by atoms with van der Waals surface area (Å²) in [7, 11) is 3.09. The molecule has 1 aromatic carbocycles. The van der Waals surface area contributed by atoms with Gasteiger partial charge < -0.3 is 9.47 Å². The lowest BCUT2D eigenvalue weighted by Gasteiger charge is -2.10. The molecule has 0 radical (unpaired) electrons. The molecule has 22 heavy (non-hydrogen) atoms. The maximum atomic E-state index is 12.2. The summed E-state index contributed by atoms with van der Waals surface area (Å²) in [5, 5.41) is -0.303. The van der Waals surface area contributed by atoms with E-state index in [0.29, 0.717) is 22.0 Å². The average Bonchev–Trinajstić information content (AvgIpc) is 2.75. The predicted octanol–water partition coefficient (Wildman–Crippen LogP) is 3.69. The Morgan fingerprint density at radius 3 is 2.55 bits per heavy atom. The van der Waals surface area contributed by atoms with Gasteiger partial charge in [0.1, 0.15) is 11.5 Å². The van der Waals surface area contributed by atoms with Crippen molar-refractivity contribution >= 4 is 44.9 Å². The Hall–Kier alpha value is -1.73. The van der Waals surface area contributed by atoms with Crippen molar-refractivity contribution < 1.29 is 19.1 Å². The number of ether oxygens (including phenoxy) is 2. The van der Waals surface area contributed by atoms with E-state index in [0.717, 1.165) is 21.1 Å². The van der Waals surface area contributed by atoms with Crippen LogP contribution in [0.15, 0.2) is 34.2 Å². The highest BCUT2D eigenvalue weighted by atomic mass is 79.9. The second kappa shape index (κ2) is 7.02. The summed E-state index contributed by atoms with van der Waals surface area (Å²) < 4.78 is 11.2. The Morgan fingerprint density at radius 2 is 1.95 bits per heavy atom. The molecule has 1 fully saturated rings. The van der Waals surface area contributed by atoms with Crippen LogP contribution in [0, 0.1) is 0 Å². The van der Waals surface area contributed by atoms with Gasteiger partial charge in [-0.2, -0.15) is 0 Å². The van der Waals surface area contributed by atoms with Crippen LogP contribution in [-0.4, -0.2) is 36.8 Å². The van der Waals surface area contributed by atoms with Crippen molar-refractivity contribution in [2.75, 3.05) is 20.8 Å². The molecule has 2 amide bonds. The zero-order valence-electron chi connectivity index (χ0n) is 12.1. The van der Waals surface area contributed by atoms with Gasteiger partial charge in [-0.3, -0.25) is 14.5 Å². The molecule has 5 nitrogen and oxygen atoms in total. The van der Waals surface area contributed by atoms with Gasteiger partial charge >= 0.3 is 0 Å². The SMILES string of the molecule is C=CCN1C(=O)SC(=Cc2cc(Br)c(OC)cc2OC)C1=O. The minimum atomic E-state index is -0.330. The van der Waals surface area contributed by atoms with Crippen LogP contribution in [0.4, 0.5) is 4.79 Å². The smallest absolute Gasteiger partial charge is 0.293 e. The van der Waals surface area contributed by atoms with E-state index in [2.05, 4.69) is 22.5 Å². The summed E-state index contributed by atoms with van der Waals surface area (Å²) in [5.74, 6) is 0.841. The monoisotopic (exact) mass is 383 g/mol. The number of methoxy groups -OCH3 is 2. The van der Waals surface area contributed by atoms with Crippen molar-refractivity contribution in [2.45, 2.75) is 0 Å². The first-order valence-corrected chi connectivity index (χ1v) is 7.90. The quantitative estimate of drug-likeness (QED) is 0.573. The van der Waals surface area contributed by atoms with Crippen molar-refractivity contribution in [1.82, 2.24) is 4.90 Å². The Labute approximate surface area is 141 Å². The van der Waals surface area contributed by atoms with Crippen LogP contribution in [0.25, 0.3) is 6.08 Å². The molecule has 0 N–H and O–H groups in total. The Balaban J connectivity index is 2.41. The topological polar surface area (TPSA) is 55.8 Å². The molecule has 2 rings (SSSR count). The van der Waals surface area contributed by atoms with Gasteiger partial charge in [0.05, 0.1) is 23.6 Å². The number of halogens is 1. The predicted molar refractivity (Wildman–Crippen MR) is 90.1 cm³/mol. The fourth-order valence-electron chi connectivity index (χ4n) is 1.92. The van der Waals surface area contributed by atoms with Crippen molar-refractivity contribution in [1.29, 1.82) is 0 Å². The van der Waals surface area contributed by atoms with Gasteiger partial charge in [0.25, 0.3) is 11.1 Å². The van der Waals surface area contributed by atoms with Gasteiger partial charge in [-0.15, -0.1) is 6.58 Å². The normalized spacial score (nSPS) is 16.3. The van der Waals surface area contributed by atoms with Crippen LogP contribution in [0.2, 0.25) is 0 Å². The van der Waals surface area contributed by atoms with Crippen molar-refractivity contribution in [3.05, 3.63) is 39.7 Å². The lowest BCUT2D eigenvalue weighted by atomic mass is 10.1. The molecule has 0 atom stereocenters. The lowest BCUT2D eigenvalue weighted by Crippen LogP contribution is -2.27. The molecule has 1 aliphatic rings. The maximum absolute atomic E-state index is 12.2. The minimum Gasteiger partial charge on any atom is -0.496 e. The molecule has 0 unspecified atom stereocenters. The van der Waals surface area contributed by atoms with E-state index < -0.39 is 0 Å². The van der Waals surface area contributed by atoms with Crippen LogP contribution in [0.1, 0.15) is 5.56 Å². The third-order valence-electron chi connectivity index (χ3n) is 2.98. The highest BCUT2D eigenvalue weighted by molar-refractivity contribution is 9.10. The summed E-state index contributed by atoms with van der Waals surface area (Å²) in [4.78, 5) is 25.5. The largest absolute Gasteiger partial charge is 0.496 e. The Bertz CT molecular complexity index is 672. The van der Waals surface area contributed by atoms with Gasteiger partial charge in [0.2, 0.25) is 0 Å². The molecular formula is C15H14BrNO4S. The molecule has 0 aliphatic carbocycles. The number of rotatable bonds is 5. The number of hydrogen-bond donors (Lipinski definition) is 0. The van der Waals surface area contributed by atoms with Crippen molar-refractivity contribution in [3.8, 4) is 11.5 Å². The summed E-state index contributed by atoms with van der Waals surface area (Å²) in [6.07, 6.45) is 3.15. The first-order valence-electron chi connectivity index (χ1n) is 6.29. The zero-order valence-corrected chi connectivity index (χ0v) is 14.5. The first-order chi connectivity index (χ1) is 10.5. The van der Waals surface area contributed by atoms with E-state index in [1.807, 2.05) is 0 Å². The number of benzene rings is 1.